The van der Waals surface area contributed by atoms with Crippen molar-refractivity contribution >= 4 is 17.1 Å². The van der Waals surface area contributed by atoms with Crippen LogP contribution >= 0.6 is 0 Å². The number of nitrogens with zero attached hydrogens (tertiary/aromatic N) is 3. The van der Waals surface area contributed by atoms with E-state index in [2.05, 4.69) is 35.7 Å². The third-order valence-electron chi connectivity index (χ3n) is 5.11. The molecule has 0 atom stereocenters. The lowest BCUT2D eigenvalue weighted by molar-refractivity contribution is 0.0997. The molecule has 0 aliphatic rings. The standard InChI is InChI=1S/C23H23N5O3/c1-23(2,3)13-9-11-14(12-10-13)28-21-18(26-22(28)30)17(19(24)29)25-20(27-21)15-7-5-6-8-16(15)31-4/h5-12H,1-4H3,(H2,24,29)(H,26,30). The highest BCUT2D eigenvalue weighted by Crippen LogP contribution is 2.29. The molecule has 0 radical (unpaired) electrons. The quantitative estimate of drug-likeness (QED) is 0.529. The zero-order valence-corrected chi connectivity index (χ0v) is 17.8. The lowest BCUT2D eigenvalue weighted by Gasteiger charge is -2.19. The fourth-order valence-electron chi connectivity index (χ4n) is 3.46. The number of carbonyl (C=O) groups is 1. The maximum absolute atomic E-state index is 12.8. The first kappa shape index (κ1) is 20.3. The highest BCUT2D eigenvalue weighted by atomic mass is 16.5. The van der Waals surface area contributed by atoms with Gasteiger partial charge in [0.05, 0.1) is 18.4 Å². The molecule has 1 amide bonds. The molecule has 0 aliphatic carbocycles. The number of imidazole rings is 1. The lowest BCUT2D eigenvalue weighted by atomic mass is 9.87. The van der Waals surface area contributed by atoms with E-state index in [9.17, 15) is 9.59 Å². The molecule has 158 valence electrons. The number of fused-ring (bicyclic) bond motifs is 1. The molecule has 0 aliphatic heterocycles. The summed E-state index contributed by atoms with van der Waals surface area (Å²) in [6.07, 6.45) is 0. The second-order valence-electron chi connectivity index (χ2n) is 8.22. The summed E-state index contributed by atoms with van der Waals surface area (Å²) >= 11 is 0. The van der Waals surface area contributed by atoms with Crippen LogP contribution in [0.15, 0.2) is 53.3 Å². The highest BCUT2D eigenvalue weighted by Gasteiger charge is 2.22. The number of H-pyrrole nitrogens is 1. The Morgan fingerprint density at radius 3 is 2.35 bits per heavy atom. The number of nitrogens with two attached hydrogens (primary N) is 1. The molecule has 0 saturated carbocycles. The van der Waals surface area contributed by atoms with Gasteiger partial charge in [0, 0.05) is 0 Å². The van der Waals surface area contributed by atoms with Crippen molar-refractivity contribution in [3.8, 4) is 22.8 Å². The maximum atomic E-state index is 12.8. The Hall–Kier alpha value is -3.94. The lowest BCUT2D eigenvalue weighted by Crippen LogP contribution is -2.16. The molecule has 2 aromatic carbocycles. The number of hydrogen-bond donors (Lipinski definition) is 2. The summed E-state index contributed by atoms with van der Waals surface area (Å²) in [7, 11) is 1.54. The molecule has 2 aromatic heterocycles. The number of methoxy groups -OCH3 is 1. The highest BCUT2D eigenvalue weighted by molar-refractivity contribution is 6.02. The van der Waals surface area contributed by atoms with Crippen molar-refractivity contribution in [1.82, 2.24) is 19.5 Å². The third-order valence-corrected chi connectivity index (χ3v) is 5.11. The summed E-state index contributed by atoms with van der Waals surface area (Å²) in [5.41, 5.74) is 7.83. The Bertz CT molecular complexity index is 1340. The van der Waals surface area contributed by atoms with Crippen LogP contribution in [-0.2, 0) is 5.41 Å². The Morgan fingerprint density at radius 2 is 1.74 bits per heavy atom. The normalized spacial score (nSPS) is 11.6. The average Bonchev–Trinajstić information content (AvgIpc) is 3.07. The van der Waals surface area contributed by atoms with Gasteiger partial charge in [0.1, 0.15) is 11.3 Å². The van der Waals surface area contributed by atoms with Gasteiger partial charge in [-0.1, -0.05) is 45.0 Å². The number of nitrogens with one attached hydrogen (secondary N) is 1. The van der Waals surface area contributed by atoms with E-state index in [0.717, 1.165) is 5.56 Å². The number of para-hydroxylation sites is 1. The molecular weight excluding hydrogens is 394 g/mol. The molecular formula is C23H23N5O3. The molecule has 31 heavy (non-hydrogen) atoms. The van der Waals surface area contributed by atoms with Gasteiger partial charge in [-0.05, 0) is 35.2 Å². The summed E-state index contributed by atoms with van der Waals surface area (Å²) in [4.78, 5) is 36.6. The summed E-state index contributed by atoms with van der Waals surface area (Å²) in [6, 6.07) is 14.8. The number of ether oxygens (including phenoxy) is 1. The van der Waals surface area contributed by atoms with Crippen LogP contribution in [0.25, 0.3) is 28.2 Å². The van der Waals surface area contributed by atoms with Gasteiger partial charge in [0.2, 0.25) is 0 Å². The monoisotopic (exact) mass is 417 g/mol. The maximum Gasteiger partial charge on any atom is 0.332 e. The van der Waals surface area contributed by atoms with Crippen molar-refractivity contribution in [3.05, 3.63) is 70.3 Å². The molecule has 0 spiro atoms. The van der Waals surface area contributed by atoms with Crippen LogP contribution in [0.5, 0.6) is 5.75 Å². The van der Waals surface area contributed by atoms with E-state index in [1.54, 1.807) is 12.1 Å². The summed E-state index contributed by atoms with van der Waals surface area (Å²) in [5, 5.41) is 0. The molecule has 4 aromatic rings. The molecule has 2 heterocycles. The largest absolute Gasteiger partial charge is 0.496 e. The Morgan fingerprint density at radius 1 is 1.06 bits per heavy atom. The minimum Gasteiger partial charge on any atom is -0.496 e. The fourth-order valence-corrected chi connectivity index (χ4v) is 3.46. The van der Waals surface area contributed by atoms with E-state index in [4.69, 9.17) is 10.5 Å². The number of aromatic nitrogens is 4. The van der Waals surface area contributed by atoms with Crippen LogP contribution in [0.1, 0.15) is 36.8 Å². The third kappa shape index (κ3) is 3.56. The van der Waals surface area contributed by atoms with E-state index < -0.39 is 11.6 Å². The van der Waals surface area contributed by atoms with Crippen LogP contribution in [0.4, 0.5) is 0 Å². The minimum absolute atomic E-state index is 0.0257. The average molecular weight is 417 g/mol. The topological polar surface area (TPSA) is 116 Å². The molecule has 0 fully saturated rings. The molecule has 8 nitrogen and oxygen atoms in total. The number of primary amides is 1. The second-order valence-corrected chi connectivity index (χ2v) is 8.22. The number of hydrogen-bond acceptors (Lipinski definition) is 5. The Balaban J connectivity index is 2.00. The van der Waals surface area contributed by atoms with Crippen LogP contribution < -0.4 is 16.2 Å². The first-order valence-electron chi connectivity index (χ1n) is 9.77. The zero-order valence-electron chi connectivity index (χ0n) is 17.8. The van der Waals surface area contributed by atoms with Crippen molar-refractivity contribution in [2.45, 2.75) is 26.2 Å². The van der Waals surface area contributed by atoms with E-state index in [-0.39, 0.29) is 28.1 Å². The SMILES string of the molecule is COc1ccccc1-c1nc(C(N)=O)c2[nH]c(=O)n(-c3ccc(C(C)(C)C)cc3)c2n1. The Labute approximate surface area is 178 Å². The van der Waals surface area contributed by atoms with Gasteiger partial charge in [-0.3, -0.25) is 4.79 Å². The number of carbonyl (C=O) groups excluding carboxylic acids is 1. The molecule has 8 heteroatoms. The molecule has 0 bridgehead atoms. The molecule has 0 saturated heterocycles. The van der Waals surface area contributed by atoms with Gasteiger partial charge in [-0.25, -0.2) is 19.3 Å². The smallest absolute Gasteiger partial charge is 0.332 e. The van der Waals surface area contributed by atoms with E-state index in [0.29, 0.717) is 17.0 Å². The van der Waals surface area contributed by atoms with Crippen LogP contribution in [0, 0.1) is 0 Å². The number of aromatic amines is 1. The predicted octanol–water partition coefficient (Wildman–Crippen LogP) is 3.18. The van der Waals surface area contributed by atoms with Gasteiger partial charge in [0.25, 0.3) is 5.91 Å². The molecule has 0 unspecified atom stereocenters. The molecule has 3 N–H and O–H groups in total. The number of amides is 1. The summed E-state index contributed by atoms with van der Waals surface area (Å²) in [6.45, 7) is 6.35. The van der Waals surface area contributed by atoms with Gasteiger partial charge in [-0.15, -0.1) is 0 Å². The van der Waals surface area contributed by atoms with Crippen molar-refractivity contribution in [3.63, 3.8) is 0 Å². The van der Waals surface area contributed by atoms with E-state index in [1.807, 2.05) is 36.4 Å². The van der Waals surface area contributed by atoms with Crippen molar-refractivity contribution in [2.24, 2.45) is 5.73 Å². The van der Waals surface area contributed by atoms with Crippen LogP contribution in [-0.4, -0.2) is 32.5 Å². The number of benzene rings is 2. The second kappa shape index (κ2) is 7.39. The van der Waals surface area contributed by atoms with Gasteiger partial charge < -0.3 is 15.5 Å². The van der Waals surface area contributed by atoms with Gasteiger partial charge in [-0.2, -0.15) is 0 Å². The summed E-state index contributed by atoms with van der Waals surface area (Å²) < 4.78 is 6.82. The fraction of sp³-hybridized carbons (Fsp3) is 0.217. The first-order chi connectivity index (χ1) is 14.7. The predicted molar refractivity (Wildman–Crippen MR) is 119 cm³/mol. The van der Waals surface area contributed by atoms with Crippen molar-refractivity contribution < 1.29 is 9.53 Å². The van der Waals surface area contributed by atoms with Gasteiger partial charge >= 0.3 is 5.69 Å². The zero-order chi connectivity index (χ0) is 22.3. The van der Waals surface area contributed by atoms with Gasteiger partial charge in [0.15, 0.2) is 17.2 Å². The number of rotatable bonds is 4. The van der Waals surface area contributed by atoms with E-state index >= 15 is 0 Å². The van der Waals surface area contributed by atoms with Crippen LogP contribution in [0.3, 0.4) is 0 Å². The molecule has 4 rings (SSSR count). The van der Waals surface area contributed by atoms with Crippen molar-refractivity contribution in [2.75, 3.05) is 7.11 Å². The first-order valence-corrected chi connectivity index (χ1v) is 9.77. The minimum atomic E-state index is -0.764. The summed E-state index contributed by atoms with van der Waals surface area (Å²) in [5.74, 6) is 0.00840. The van der Waals surface area contributed by atoms with E-state index in [1.165, 1.54) is 11.7 Å². The van der Waals surface area contributed by atoms with Crippen LogP contribution in [0.2, 0.25) is 0 Å². The Kier molecular flexibility index (Phi) is 4.85. The van der Waals surface area contributed by atoms with Crippen molar-refractivity contribution in [1.29, 1.82) is 0 Å².